The standard InChI is InChI=1S/C13H16BrFINO/c1-3-13(4-2,8-14)17-12(18)10-6-5-9(15)7-11(10)16/h5-7H,3-4,8H2,1-2H3,(H,17,18). The summed E-state index contributed by atoms with van der Waals surface area (Å²) < 4.78 is 13.6. The molecule has 0 saturated heterocycles. The van der Waals surface area contributed by atoms with Gasteiger partial charge in [-0.25, -0.2) is 4.39 Å². The molecule has 0 atom stereocenters. The second-order valence-corrected chi connectivity index (χ2v) is 5.92. The highest BCUT2D eigenvalue weighted by atomic mass is 127. The van der Waals surface area contributed by atoms with Gasteiger partial charge >= 0.3 is 0 Å². The summed E-state index contributed by atoms with van der Waals surface area (Å²) in [5.74, 6) is -0.476. The van der Waals surface area contributed by atoms with E-state index in [0.29, 0.717) is 14.5 Å². The van der Waals surface area contributed by atoms with Gasteiger partial charge < -0.3 is 5.32 Å². The predicted molar refractivity (Wildman–Crippen MR) is 83.7 cm³/mol. The lowest BCUT2D eigenvalue weighted by molar-refractivity contribution is 0.0902. The number of alkyl halides is 1. The second kappa shape index (κ2) is 6.84. The van der Waals surface area contributed by atoms with Crippen LogP contribution in [0.3, 0.4) is 0 Å². The van der Waals surface area contributed by atoms with Crippen LogP contribution in [0.2, 0.25) is 0 Å². The van der Waals surface area contributed by atoms with Gasteiger partial charge in [0.1, 0.15) is 5.82 Å². The Morgan fingerprint density at radius 3 is 2.50 bits per heavy atom. The molecule has 0 aliphatic carbocycles. The minimum Gasteiger partial charge on any atom is -0.346 e. The number of benzene rings is 1. The van der Waals surface area contributed by atoms with E-state index in [0.717, 1.165) is 12.8 Å². The fraction of sp³-hybridized carbons (Fsp3) is 0.462. The number of carbonyl (C=O) groups excluding carboxylic acids is 1. The van der Waals surface area contributed by atoms with Gasteiger partial charge in [0.15, 0.2) is 0 Å². The first-order valence-electron chi connectivity index (χ1n) is 5.81. The van der Waals surface area contributed by atoms with E-state index in [1.807, 2.05) is 36.4 Å². The molecule has 1 aromatic rings. The maximum absolute atomic E-state index is 13.0. The van der Waals surface area contributed by atoms with Crippen molar-refractivity contribution in [3.63, 3.8) is 0 Å². The van der Waals surface area contributed by atoms with Crippen LogP contribution in [0.1, 0.15) is 37.0 Å². The molecule has 0 bridgehead atoms. The van der Waals surface area contributed by atoms with Gasteiger partial charge in [0.25, 0.3) is 5.91 Å². The summed E-state index contributed by atoms with van der Waals surface area (Å²) >= 11 is 5.42. The first-order valence-corrected chi connectivity index (χ1v) is 8.01. The largest absolute Gasteiger partial charge is 0.346 e. The number of halogens is 3. The smallest absolute Gasteiger partial charge is 0.252 e. The van der Waals surface area contributed by atoms with Crippen LogP contribution in [0.5, 0.6) is 0 Å². The van der Waals surface area contributed by atoms with Crippen molar-refractivity contribution in [3.05, 3.63) is 33.1 Å². The summed E-state index contributed by atoms with van der Waals surface area (Å²) in [6.45, 7) is 4.08. The summed E-state index contributed by atoms with van der Waals surface area (Å²) in [4.78, 5) is 12.2. The first-order chi connectivity index (χ1) is 8.48. The summed E-state index contributed by atoms with van der Waals surface area (Å²) in [5.41, 5.74) is 0.276. The maximum atomic E-state index is 13.0. The van der Waals surface area contributed by atoms with Crippen molar-refractivity contribution < 1.29 is 9.18 Å². The molecule has 1 aromatic carbocycles. The van der Waals surface area contributed by atoms with E-state index in [4.69, 9.17) is 0 Å². The van der Waals surface area contributed by atoms with Crippen molar-refractivity contribution in [3.8, 4) is 0 Å². The van der Waals surface area contributed by atoms with Gasteiger partial charge in [-0.05, 0) is 53.6 Å². The van der Waals surface area contributed by atoms with Crippen LogP contribution in [0.15, 0.2) is 18.2 Å². The van der Waals surface area contributed by atoms with E-state index in [9.17, 15) is 9.18 Å². The van der Waals surface area contributed by atoms with Crippen LogP contribution in [-0.4, -0.2) is 16.8 Å². The molecule has 0 unspecified atom stereocenters. The monoisotopic (exact) mass is 427 g/mol. The fourth-order valence-corrected chi connectivity index (χ4v) is 3.29. The van der Waals surface area contributed by atoms with Gasteiger partial charge in [0, 0.05) is 14.4 Å². The van der Waals surface area contributed by atoms with E-state index < -0.39 is 0 Å². The minimum atomic E-state index is -0.325. The number of nitrogens with one attached hydrogen (secondary N) is 1. The molecule has 1 amide bonds. The Labute approximate surface area is 129 Å². The molecule has 0 spiro atoms. The van der Waals surface area contributed by atoms with Crippen molar-refractivity contribution >= 4 is 44.4 Å². The highest BCUT2D eigenvalue weighted by Gasteiger charge is 2.27. The summed E-state index contributed by atoms with van der Waals surface area (Å²) in [7, 11) is 0. The zero-order valence-electron chi connectivity index (χ0n) is 10.4. The Morgan fingerprint density at radius 2 is 2.06 bits per heavy atom. The van der Waals surface area contributed by atoms with Crippen LogP contribution in [0.4, 0.5) is 4.39 Å². The molecule has 18 heavy (non-hydrogen) atoms. The quantitative estimate of drug-likeness (QED) is 0.556. The molecule has 0 radical (unpaired) electrons. The molecule has 0 heterocycles. The lowest BCUT2D eigenvalue weighted by Crippen LogP contribution is -2.49. The predicted octanol–water partition coefficient (Wildman–Crippen LogP) is 4.11. The molecule has 5 heteroatoms. The van der Waals surface area contributed by atoms with Crippen LogP contribution >= 0.6 is 38.5 Å². The topological polar surface area (TPSA) is 29.1 Å². The van der Waals surface area contributed by atoms with Crippen LogP contribution < -0.4 is 5.32 Å². The summed E-state index contributed by atoms with van der Waals surface area (Å²) in [6, 6.07) is 4.20. The highest BCUT2D eigenvalue weighted by molar-refractivity contribution is 14.1. The van der Waals surface area contributed by atoms with E-state index >= 15 is 0 Å². The first kappa shape index (κ1) is 15.9. The SMILES string of the molecule is CCC(CC)(CBr)NC(=O)c1ccc(F)cc1I. The summed E-state index contributed by atoms with van der Waals surface area (Å²) in [6.07, 6.45) is 1.69. The van der Waals surface area contributed by atoms with E-state index in [1.54, 1.807) is 0 Å². The van der Waals surface area contributed by atoms with E-state index in [2.05, 4.69) is 21.2 Å². The average molecular weight is 428 g/mol. The molecule has 100 valence electrons. The molecule has 0 saturated carbocycles. The lowest BCUT2D eigenvalue weighted by Gasteiger charge is -2.31. The zero-order valence-corrected chi connectivity index (χ0v) is 14.1. The second-order valence-electron chi connectivity index (χ2n) is 4.20. The van der Waals surface area contributed by atoms with Crippen LogP contribution in [0.25, 0.3) is 0 Å². The third-order valence-electron chi connectivity index (χ3n) is 3.16. The van der Waals surface area contributed by atoms with Gasteiger partial charge in [-0.15, -0.1) is 0 Å². The van der Waals surface area contributed by atoms with Gasteiger partial charge in [-0.3, -0.25) is 4.79 Å². The average Bonchev–Trinajstić information content (AvgIpc) is 2.36. The van der Waals surface area contributed by atoms with Crippen molar-refractivity contribution in [2.45, 2.75) is 32.2 Å². The van der Waals surface area contributed by atoms with Crippen LogP contribution in [-0.2, 0) is 0 Å². The third-order valence-corrected chi connectivity index (χ3v) is 5.13. The van der Waals surface area contributed by atoms with Crippen molar-refractivity contribution in [2.75, 3.05) is 5.33 Å². The molecular formula is C13H16BrFINO. The molecule has 1 rings (SSSR count). The number of hydrogen-bond acceptors (Lipinski definition) is 1. The van der Waals surface area contributed by atoms with Gasteiger partial charge in [0.2, 0.25) is 0 Å². The molecule has 0 fully saturated rings. The number of amides is 1. The minimum absolute atomic E-state index is 0.150. The molecule has 1 N–H and O–H groups in total. The Balaban J connectivity index is 2.94. The van der Waals surface area contributed by atoms with E-state index in [1.165, 1.54) is 18.2 Å². The molecule has 0 aliphatic rings. The zero-order chi connectivity index (χ0) is 13.8. The maximum Gasteiger partial charge on any atom is 0.252 e. The van der Waals surface area contributed by atoms with Crippen molar-refractivity contribution in [1.82, 2.24) is 5.32 Å². The molecule has 0 aromatic heterocycles. The molecule has 0 aliphatic heterocycles. The summed E-state index contributed by atoms with van der Waals surface area (Å²) in [5, 5.41) is 3.75. The van der Waals surface area contributed by atoms with Gasteiger partial charge in [0.05, 0.1) is 5.56 Å². The highest BCUT2D eigenvalue weighted by Crippen LogP contribution is 2.20. The number of rotatable bonds is 5. The third kappa shape index (κ3) is 3.66. The Morgan fingerprint density at radius 1 is 1.44 bits per heavy atom. The van der Waals surface area contributed by atoms with Gasteiger partial charge in [-0.1, -0.05) is 29.8 Å². The Bertz CT molecular complexity index is 427. The molecule has 2 nitrogen and oxygen atoms in total. The fourth-order valence-electron chi connectivity index (χ4n) is 1.63. The van der Waals surface area contributed by atoms with Crippen molar-refractivity contribution in [1.29, 1.82) is 0 Å². The van der Waals surface area contributed by atoms with Gasteiger partial charge in [-0.2, -0.15) is 0 Å². The number of hydrogen-bond donors (Lipinski definition) is 1. The van der Waals surface area contributed by atoms with Crippen LogP contribution in [0, 0.1) is 9.39 Å². The van der Waals surface area contributed by atoms with Crippen molar-refractivity contribution in [2.24, 2.45) is 0 Å². The Kier molecular flexibility index (Phi) is 6.04. The normalized spacial score (nSPS) is 11.4. The molecular weight excluding hydrogens is 412 g/mol. The van der Waals surface area contributed by atoms with E-state index in [-0.39, 0.29) is 17.3 Å². The Hall–Kier alpha value is -0.170. The lowest BCUT2D eigenvalue weighted by atomic mass is 9.95. The number of carbonyl (C=O) groups is 1.